The van der Waals surface area contributed by atoms with Crippen molar-refractivity contribution in [1.82, 2.24) is 4.31 Å². The number of nitrogens with one attached hydrogen (secondary N) is 1. The second-order valence-corrected chi connectivity index (χ2v) is 10.0. The van der Waals surface area contributed by atoms with Gasteiger partial charge in [0.05, 0.1) is 22.1 Å². The van der Waals surface area contributed by atoms with Gasteiger partial charge in [-0.3, -0.25) is 4.79 Å². The van der Waals surface area contributed by atoms with Gasteiger partial charge >= 0.3 is 0 Å². The van der Waals surface area contributed by atoms with E-state index in [9.17, 15) is 13.2 Å². The number of anilines is 2. The number of carbonyl (C=O) groups excluding carboxylic acids is 1. The van der Waals surface area contributed by atoms with E-state index in [1.807, 2.05) is 6.07 Å². The molecule has 0 radical (unpaired) electrons. The summed E-state index contributed by atoms with van der Waals surface area (Å²) in [5.74, 6) is 0.254. The van der Waals surface area contributed by atoms with E-state index in [4.69, 9.17) is 5.26 Å². The van der Waals surface area contributed by atoms with Crippen molar-refractivity contribution in [1.29, 1.82) is 5.26 Å². The molecule has 7 nitrogen and oxygen atoms in total. The molecule has 1 fully saturated rings. The second-order valence-electron chi connectivity index (χ2n) is 8.08. The highest BCUT2D eigenvalue weighted by Crippen LogP contribution is 2.30. The molecule has 3 rings (SSSR count). The third kappa shape index (κ3) is 5.12. The molecule has 1 heterocycles. The van der Waals surface area contributed by atoms with Crippen molar-refractivity contribution in [2.24, 2.45) is 5.92 Å². The maximum absolute atomic E-state index is 13.3. The van der Waals surface area contributed by atoms with E-state index in [0.717, 1.165) is 31.6 Å². The highest BCUT2D eigenvalue weighted by Gasteiger charge is 2.27. The van der Waals surface area contributed by atoms with Gasteiger partial charge < -0.3 is 10.2 Å². The summed E-state index contributed by atoms with van der Waals surface area (Å²) in [6.07, 6.45) is 2.05. The summed E-state index contributed by atoms with van der Waals surface area (Å²) in [5, 5.41) is 11.8. The summed E-state index contributed by atoms with van der Waals surface area (Å²) in [6, 6.07) is 13.5. The number of piperidine rings is 1. The average molecular weight is 455 g/mol. The third-order valence-electron chi connectivity index (χ3n) is 5.95. The number of sulfonamides is 1. The number of hydrogen-bond acceptors (Lipinski definition) is 5. The van der Waals surface area contributed by atoms with E-state index in [2.05, 4.69) is 17.1 Å². The fraction of sp³-hybridized carbons (Fsp3) is 0.417. The molecule has 1 N–H and O–H groups in total. The number of hydrogen-bond donors (Lipinski definition) is 1. The average Bonchev–Trinajstić information content (AvgIpc) is 2.80. The first-order valence-corrected chi connectivity index (χ1v) is 12.4. The molecule has 0 atom stereocenters. The van der Waals surface area contributed by atoms with E-state index < -0.39 is 10.0 Å². The summed E-state index contributed by atoms with van der Waals surface area (Å²) >= 11 is 0. The Hall–Kier alpha value is -2.89. The first-order valence-electron chi connectivity index (χ1n) is 11.0. The number of benzene rings is 2. The van der Waals surface area contributed by atoms with Crippen molar-refractivity contribution >= 4 is 27.3 Å². The lowest BCUT2D eigenvalue weighted by Crippen LogP contribution is -2.35. The van der Waals surface area contributed by atoms with Gasteiger partial charge in [-0.15, -0.1) is 0 Å². The highest BCUT2D eigenvalue weighted by molar-refractivity contribution is 7.89. The van der Waals surface area contributed by atoms with Crippen LogP contribution < -0.4 is 10.2 Å². The standard InChI is InChI=1S/C24H30N4O3S/c1-4-28(5-2)32(30,31)21-10-11-23(27-14-12-18(3)13-15-27)22(16-21)24(29)26-20-8-6-19(17-25)7-9-20/h6-11,16,18H,4-5,12-15H2,1-3H3,(H,26,29). The minimum atomic E-state index is -3.70. The molecule has 0 aromatic heterocycles. The highest BCUT2D eigenvalue weighted by atomic mass is 32.2. The smallest absolute Gasteiger partial charge is 0.257 e. The summed E-state index contributed by atoms with van der Waals surface area (Å²) in [7, 11) is -3.70. The number of amides is 1. The van der Waals surface area contributed by atoms with Crippen LogP contribution in [0, 0.1) is 17.2 Å². The summed E-state index contributed by atoms with van der Waals surface area (Å²) in [6.45, 7) is 8.16. The Balaban J connectivity index is 2.00. The maximum Gasteiger partial charge on any atom is 0.257 e. The molecule has 1 amide bonds. The normalized spacial score (nSPS) is 14.9. The molecule has 2 aromatic rings. The Bertz CT molecular complexity index is 1100. The molecule has 2 aromatic carbocycles. The Labute approximate surface area is 190 Å². The second kappa shape index (κ2) is 10.2. The molecular formula is C24H30N4O3S. The molecule has 1 aliphatic rings. The summed E-state index contributed by atoms with van der Waals surface area (Å²) in [4.78, 5) is 15.5. The minimum absolute atomic E-state index is 0.111. The van der Waals surface area contributed by atoms with Crippen molar-refractivity contribution < 1.29 is 13.2 Å². The Morgan fingerprint density at radius 1 is 1.12 bits per heavy atom. The van der Waals surface area contributed by atoms with Crippen LogP contribution in [0.2, 0.25) is 0 Å². The van der Waals surface area contributed by atoms with E-state index in [1.165, 1.54) is 10.4 Å². The van der Waals surface area contributed by atoms with Gasteiger partial charge in [-0.1, -0.05) is 20.8 Å². The van der Waals surface area contributed by atoms with Crippen LogP contribution in [0.25, 0.3) is 0 Å². The van der Waals surface area contributed by atoms with Crippen LogP contribution in [0.1, 0.15) is 49.5 Å². The van der Waals surface area contributed by atoms with Crippen LogP contribution in [-0.4, -0.2) is 44.8 Å². The number of rotatable bonds is 7. The molecule has 0 saturated carbocycles. The lowest BCUT2D eigenvalue weighted by molar-refractivity contribution is 0.102. The molecule has 0 aliphatic carbocycles. The zero-order chi connectivity index (χ0) is 23.3. The summed E-state index contributed by atoms with van der Waals surface area (Å²) < 4.78 is 27.5. The van der Waals surface area contributed by atoms with E-state index in [1.54, 1.807) is 50.2 Å². The molecular weight excluding hydrogens is 424 g/mol. The monoisotopic (exact) mass is 454 g/mol. The van der Waals surface area contributed by atoms with Gasteiger partial charge in [0.1, 0.15) is 0 Å². The van der Waals surface area contributed by atoms with Crippen LogP contribution in [-0.2, 0) is 10.0 Å². The SMILES string of the molecule is CCN(CC)S(=O)(=O)c1ccc(N2CCC(C)CC2)c(C(=O)Nc2ccc(C#N)cc2)c1. The fourth-order valence-electron chi connectivity index (χ4n) is 3.92. The van der Waals surface area contributed by atoms with Crippen molar-refractivity contribution in [2.75, 3.05) is 36.4 Å². The van der Waals surface area contributed by atoms with Crippen molar-refractivity contribution in [2.45, 2.75) is 38.5 Å². The Morgan fingerprint density at radius 2 is 1.75 bits per heavy atom. The third-order valence-corrected chi connectivity index (χ3v) is 8.00. The van der Waals surface area contributed by atoms with Crippen molar-refractivity contribution in [3.05, 3.63) is 53.6 Å². The number of carbonyl (C=O) groups is 1. The van der Waals surface area contributed by atoms with Crippen LogP contribution in [0.4, 0.5) is 11.4 Å². The topological polar surface area (TPSA) is 93.5 Å². The lowest BCUT2D eigenvalue weighted by atomic mass is 9.98. The predicted molar refractivity (Wildman–Crippen MR) is 126 cm³/mol. The molecule has 0 spiro atoms. The van der Waals surface area contributed by atoms with E-state index in [0.29, 0.717) is 35.8 Å². The molecule has 8 heteroatoms. The van der Waals surface area contributed by atoms with Gasteiger partial charge in [0, 0.05) is 37.6 Å². The van der Waals surface area contributed by atoms with Crippen molar-refractivity contribution in [3.63, 3.8) is 0 Å². The molecule has 32 heavy (non-hydrogen) atoms. The van der Waals surface area contributed by atoms with Crippen LogP contribution in [0.15, 0.2) is 47.4 Å². The zero-order valence-electron chi connectivity index (χ0n) is 18.8. The van der Waals surface area contributed by atoms with Crippen LogP contribution in [0.3, 0.4) is 0 Å². The Kier molecular flexibility index (Phi) is 7.54. The predicted octanol–water partition coefficient (Wildman–Crippen LogP) is 4.08. The van der Waals surface area contributed by atoms with Gasteiger partial charge in [0.25, 0.3) is 5.91 Å². The van der Waals surface area contributed by atoms with Gasteiger partial charge in [0.15, 0.2) is 0 Å². The fourth-order valence-corrected chi connectivity index (χ4v) is 5.41. The van der Waals surface area contributed by atoms with Crippen LogP contribution in [0.5, 0.6) is 0 Å². The van der Waals surface area contributed by atoms with E-state index >= 15 is 0 Å². The quantitative estimate of drug-likeness (QED) is 0.680. The maximum atomic E-state index is 13.3. The molecule has 0 bridgehead atoms. The van der Waals surface area contributed by atoms with Gasteiger partial charge in [-0.2, -0.15) is 9.57 Å². The van der Waals surface area contributed by atoms with Gasteiger partial charge in [0.2, 0.25) is 10.0 Å². The van der Waals surface area contributed by atoms with Crippen molar-refractivity contribution in [3.8, 4) is 6.07 Å². The summed E-state index contributed by atoms with van der Waals surface area (Å²) in [5.41, 5.74) is 2.11. The first-order chi connectivity index (χ1) is 15.3. The molecule has 0 unspecified atom stereocenters. The lowest BCUT2D eigenvalue weighted by Gasteiger charge is -2.33. The zero-order valence-corrected chi connectivity index (χ0v) is 19.7. The van der Waals surface area contributed by atoms with E-state index in [-0.39, 0.29) is 10.8 Å². The van der Waals surface area contributed by atoms with Crippen LogP contribution >= 0.6 is 0 Å². The minimum Gasteiger partial charge on any atom is -0.371 e. The molecule has 1 saturated heterocycles. The Morgan fingerprint density at radius 3 is 2.31 bits per heavy atom. The van der Waals surface area contributed by atoms with Gasteiger partial charge in [-0.05, 0) is 61.2 Å². The molecule has 170 valence electrons. The number of nitriles is 1. The first kappa shape index (κ1) is 23.8. The number of nitrogens with zero attached hydrogens (tertiary/aromatic N) is 3. The van der Waals surface area contributed by atoms with Gasteiger partial charge in [-0.25, -0.2) is 8.42 Å². The molecule has 1 aliphatic heterocycles. The largest absolute Gasteiger partial charge is 0.371 e.